The highest BCUT2D eigenvalue weighted by atomic mass is 16.2. The second-order valence-corrected chi connectivity index (χ2v) is 8.23. The summed E-state index contributed by atoms with van der Waals surface area (Å²) in [5.74, 6) is 0.810. The van der Waals surface area contributed by atoms with E-state index in [1.807, 2.05) is 19.1 Å². The highest BCUT2D eigenvalue weighted by Crippen LogP contribution is 2.46. The fourth-order valence-corrected chi connectivity index (χ4v) is 4.44. The summed E-state index contributed by atoms with van der Waals surface area (Å²) in [6.07, 6.45) is 5.37. The quantitative estimate of drug-likeness (QED) is 0.798. The third-order valence-electron chi connectivity index (χ3n) is 5.33. The Morgan fingerprint density at radius 1 is 1.52 bits per heavy atom. The zero-order valence-electron chi connectivity index (χ0n) is 15.4. The van der Waals surface area contributed by atoms with Gasteiger partial charge in [0.1, 0.15) is 5.84 Å². The number of piperidine rings is 1. The molecule has 3 rings (SSSR count). The van der Waals surface area contributed by atoms with Crippen LogP contribution in [0.3, 0.4) is 0 Å². The second-order valence-electron chi connectivity index (χ2n) is 8.23. The Kier molecular flexibility index (Phi) is 4.67. The largest absolute Gasteiger partial charge is 0.334 e. The van der Waals surface area contributed by atoms with E-state index in [-0.39, 0.29) is 17.5 Å². The number of hydrogen-bond acceptors (Lipinski definition) is 3. The molecule has 1 saturated heterocycles. The maximum Gasteiger partial charge on any atom is 0.323 e. The van der Waals surface area contributed by atoms with Crippen molar-refractivity contribution in [3.63, 3.8) is 0 Å². The van der Waals surface area contributed by atoms with E-state index in [2.05, 4.69) is 30.7 Å². The SMILES string of the molecule is C=C1CC(C)(C)CC2CCC(=N)N(C(=O)NCc3ccnc(C)c3)C12. The highest BCUT2D eigenvalue weighted by molar-refractivity contribution is 5.97. The number of rotatable bonds is 2. The third kappa shape index (κ3) is 3.75. The number of nitrogens with one attached hydrogen (secondary N) is 2. The van der Waals surface area contributed by atoms with E-state index in [9.17, 15) is 4.79 Å². The number of aromatic nitrogens is 1. The maximum atomic E-state index is 12.8. The number of carbonyl (C=O) groups excluding carboxylic acids is 1. The van der Waals surface area contributed by atoms with E-state index < -0.39 is 0 Å². The summed E-state index contributed by atoms with van der Waals surface area (Å²) in [6, 6.07) is 3.65. The Balaban J connectivity index is 1.73. The standard InChI is InChI=1S/C20H28N4O/c1-13-10-20(3,4)11-16-5-6-17(21)24(18(13)16)19(25)23-12-15-7-8-22-14(2)9-15/h7-9,16,18,21H,1,5-6,10-12H2,2-4H3,(H,23,25). The van der Waals surface area contributed by atoms with Crippen LogP contribution in [0.4, 0.5) is 4.79 Å². The van der Waals surface area contributed by atoms with Gasteiger partial charge in [0.25, 0.3) is 0 Å². The number of amidine groups is 1. The fraction of sp³-hybridized carbons (Fsp3) is 0.550. The number of amides is 2. The number of aryl methyl sites for hydroxylation is 1. The van der Waals surface area contributed by atoms with Gasteiger partial charge in [-0.25, -0.2) is 4.79 Å². The predicted molar refractivity (Wildman–Crippen MR) is 99.4 cm³/mol. The van der Waals surface area contributed by atoms with Gasteiger partial charge in [-0.05, 0) is 55.2 Å². The minimum atomic E-state index is -0.185. The minimum Gasteiger partial charge on any atom is -0.334 e. The first-order chi connectivity index (χ1) is 11.8. The van der Waals surface area contributed by atoms with Crippen LogP contribution in [0.5, 0.6) is 0 Å². The monoisotopic (exact) mass is 340 g/mol. The zero-order chi connectivity index (χ0) is 18.2. The molecule has 2 atom stereocenters. The predicted octanol–water partition coefficient (Wildman–Crippen LogP) is 4.03. The van der Waals surface area contributed by atoms with Gasteiger partial charge in [-0.1, -0.05) is 26.0 Å². The Morgan fingerprint density at radius 2 is 2.28 bits per heavy atom. The smallest absolute Gasteiger partial charge is 0.323 e. The van der Waals surface area contributed by atoms with E-state index in [4.69, 9.17) is 5.41 Å². The molecular formula is C20H28N4O. The van der Waals surface area contributed by atoms with Crippen LogP contribution in [0.15, 0.2) is 30.5 Å². The average Bonchev–Trinajstić information content (AvgIpc) is 2.52. The molecule has 2 aliphatic rings. The molecule has 2 amide bonds. The summed E-state index contributed by atoms with van der Waals surface area (Å²) in [5.41, 5.74) is 3.26. The lowest BCUT2D eigenvalue weighted by Gasteiger charge is -2.49. The van der Waals surface area contributed by atoms with Crippen LogP contribution < -0.4 is 5.32 Å². The molecule has 1 aliphatic carbocycles. The van der Waals surface area contributed by atoms with E-state index in [1.165, 1.54) is 0 Å². The lowest BCUT2D eigenvalue weighted by molar-refractivity contribution is 0.122. The summed E-state index contributed by atoms with van der Waals surface area (Å²) in [4.78, 5) is 18.7. The highest BCUT2D eigenvalue weighted by Gasteiger charge is 2.45. The molecule has 0 spiro atoms. The van der Waals surface area contributed by atoms with Crippen LogP contribution in [0, 0.1) is 23.7 Å². The second kappa shape index (κ2) is 6.62. The topological polar surface area (TPSA) is 69.1 Å². The van der Waals surface area contributed by atoms with Gasteiger partial charge >= 0.3 is 6.03 Å². The molecule has 1 saturated carbocycles. The molecular weight excluding hydrogens is 312 g/mol. The van der Waals surface area contributed by atoms with Crippen molar-refractivity contribution in [3.8, 4) is 0 Å². The molecule has 2 heterocycles. The molecule has 1 aromatic rings. The number of hydrogen-bond donors (Lipinski definition) is 2. The molecule has 0 aromatic carbocycles. The van der Waals surface area contributed by atoms with Crippen LogP contribution in [-0.4, -0.2) is 27.8 Å². The van der Waals surface area contributed by atoms with E-state index in [0.717, 1.165) is 36.1 Å². The molecule has 1 aromatic heterocycles. The molecule has 5 nitrogen and oxygen atoms in total. The Morgan fingerprint density at radius 3 is 3.00 bits per heavy atom. The van der Waals surface area contributed by atoms with Crippen molar-refractivity contribution in [1.82, 2.24) is 15.2 Å². The van der Waals surface area contributed by atoms with Crippen molar-refractivity contribution in [2.24, 2.45) is 11.3 Å². The zero-order valence-corrected chi connectivity index (χ0v) is 15.4. The molecule has 5 heteroatoms. The summed E-state index contributed by atoms with van der Waals surface area (Å²) in [5, 5.41) is 11.3. The number of likely N-dealkylation sites (tertiary alicyclic amines) is 1. The number of nitrogens with zero attached hydrogens (tertiary/aromatic N) is 2. The van der Waals surface area contributed by atoms with Crippen molar-refractivity contribution < 1.29 is 4.79 Å². The van der Waals surface area contributed by atoms with Gasteiger partial charge in [0, 0.05) is 24.9 Å². The van der Waals surface area contributed by atoms with E-state index in [0.29, 0.717) is 24.7 Å². The minimum absolute atomic E-state index is 0.0338. The first-order valence-corrected chi connectivity index (χ1v) is 9.00. The first kappa shape index (κ1) is 17.6. The van der Waals surface area contributed by atoms with Crippen LogP contribution in [0.2, 0.25) is 0 Å². The van der Waals surface area contributed by atoms with E-state index >= 15 is 0 Å². The summed E-state index contributed by atoms with van der Waals surface area (Å²) in [6.45, 7) is 11.2. The van der Waals surface area contributed by atoms with Gasteiger partial charge < -0.3 is 5.32 Å². The van der Waals surface area contributed by atoms with Gasteiger partial charge in [-0.2, -0.15) is 0 Å². The summed E-state index contributed by atoms with van der Waals surface area (Å²) < 4.78 is 0. The maximum absolute atomic E-state index is 12.8. The van der Waals surface area contributed by atoms with Crippen LogP contribution >= 0.6 is 0 Å². The van der Waals surface area contributed by atoms with Gasteiger partial charge in [-0.3, -0.25) is 15.3 Å². The first-order valence-electron chi connectivity index (χ1n) is 9.00. The van der Waals surface area contributed by atoms with Gasteiger partial charge in [0.2, 0.25) is 0 Å². The number of carbonyl (C=O) groups is 1. The Bertz CT molecular complexity index is 709. The van der Waals surface area contributed by atoms with Crippen molar-refractivity contribution in [2.75, 3.05) is 0 Å². The fourth-order valence-electron chi connectivity index (χ4n) is 4.44. The molecule has 2 N–H and O–H groups in total. The Hall–Kier alpha value is -2.17. The van der Waals surface area contributed by atoms with Crippen LogP contribution in [-0.2, 0) is 6.54 Å². The average molecular weight is 340 g/mol. The summed E-state index contributed by atoms with van der Waals surface area (Å²) in [7, 11) is 0. The molecule has 0 radical (unpaired) electrons. The van der Waals surface area contributed by atoms with Crippen LogP contribution in [0.25, 0.3) is 0 Å². The molecule has 0 bridgehead atoms. The number of urea groups is 1. The van der Waals surface area contributed by atoms with E-state index in [1.54, 1.807) is 11.1 Å². The van der Waals surface area contributed by atoms with Gasteiger partial charge in [0.05, 0.1) is 6.04 Å². The third-order valence-corrected chi connectivity index (χ3v) is 5.33. The molecule has 134 valence electrons. The van der Waals surface area contributed by atoms with Crippen molar-refractivity contribution >= 4 is 11.9 Å². The van der Waals surface area contributed by atoms with Gasteiger partial charge in [0.15, 0.2) is 0 Å². The summed E-state index contributed by atoms with van der Waals surface area (Å²) >= 11 is 0. The van der Waals surface area contributed by atoms with Crippen molar-refractivity contribution in [3.05, 3.63) is 41.7 Å². The molecule has 2 unspecified atom stereocenters. The van der Waals surface area contributed by atoms with Crippen LogP contribution in [0.1, 0.15) is 50.8 Å². The molecule has 2 fully saturated rings. The normalized spacial score (nSPS) is 25.5. The molecule has 1 aliphatic heterocycles. The van der Waals surface area contributed by atoms with Gasteiger partial charge in [-0.15, -0.1) is 0 Å². The molecule has 25 heavy (non-hydrogen) atoms. The number of pyridine rings is 1. The Labute approximate surface area is 150 Å². The van der Waals surface area contributed by atoms with Crippen molar-refractivity contribution in [2.45, 2.75) is 59.0 Å². The number of fused-ring (bicyclic) bond motifs is 1. The lowest BCUT2D eigenvalue weighted by Crippen LogP contribution is -2.57. The lowest BCUT2D eigenvalue weighted by atomic mass is 9.65. The van der Waals surface area contributed by atoms with Crippen molar-refractivity contribution in [1.29, 1.82) is 5.41 Å².